The summed E-state index contributed by atoms with van der Waals surface area (Å²) in [6.45, 7) is 2.41. The Kier molecular flexibility index (Phi) is 2.68. The van der Waals surface area contributed by atoms with Crippen LogP contribution in [0, 0.1) is 0 Å². The molecule has 5 heteroatoms. The first-order valence-electron chi connectivity index (χ1n) is 3.69. The van der Waals surface area contributed by atoms with Gasteiger partial charge in [0.05, 0.1) is 6.20 Å². The monoisotopic (exact) mass is 169 g/mol. The van der Waals surface area contributed by atoms with Crippen molar-refractivity contribution < 1.29 is 9.32 Å². The molecule has 1 rings (SSSR count). The van der Waals surface area contributed by atoms with E-state index in [1.807, 2.05) is 6.92 Å². The third-order valence-electron chi connectivity index (χ3n) is 1.47. The summed E-state index contributed by atoms with van der Waals surface area (Å²) in [6, 6.07) is 1.44. The third kappa shape index (κ3) is 1.55. The van der Waals surface area contributed by atoms with Crippen molar-refractivity contribution in [1.82, 2.24) is 10.5 Å². The predicted molar refractivity (Wildman–Crippen MR) is 44.0 cm³/mol. The maximum Gasteiger partial charge on any atom is 0.324 e. The minimum Gasteiger partial charge on any atom is -0.341 e. The van der Waals surface area contributed by atoms with Crippen LogP contribution < -0.4 is 10.2 Å². The molecule has 1 aromatic rings. The minimum atomic E-state index is -0.200. The maximum absolute atomic E-state index is 11.2. The van der Waals surface area contributed by atoms with E-state index in [0.29, 0.717) is 12.4 Å². The van der Waals surface area contributed by atoms with Gasteiger partial charge >= 0.3 is 6.03 Å². The van der Waals surface area contributed by atoms with Crippen LogP contribution in [0.5, 0.6) is 0 Å². The molecular formula is C7H11N3O2. The molecule has 0 aliphatic carbocycles. The van der Waals surface area contributed by atoms with Gasteiger partial charge in [-0.05, 0) is 6.92 Å². The number of nitrogens with zero attached hydrogens (tertiary/aromatic N) is 2. The Labute approximate surface area is 70.3 Å². The summed E-state index contributed by atoms with van der Waals surface area (Å²) in [7, 11) is 1.57. The van der Waals surface area contributed by atoms with E-state index >= 15 is 0 Å². The van der Waals surface area contributed by atoms with Gasteiger partial charge in [0.15, 0.2) is 0 Å². The van der Waals surface area contributed by atoms with Crippen molar-refractivity contribution in [1.29, 1.82) is 0 Å². The highest BCUT2D eigenvalue weighted by atomic mass is 16.5. The van der Waals surface area contributed by atoms with Gasteiger partial charge in [-0.1, -0.05) is 5.16 Å². The van der Waals surface area contributed by atoms with Gasteiger partial charge in [0.1, 0.15) is 0 Å². The first kappa shape index (κ1) is 8.58. The molecule has 0 fully saturated rings. The molecule has 0 atom stereocenters. The fourth-order valence-corrected chi connectivity index (χ4v) is 0.883. The van der Waals surface area contributed by atoms with Gasteiger partial charge in [0, 0.05) is 19.7 Å². The number of rotatable bonds is 2. The van der Waals surface area contributed by atoms with E-state index in [1.165, 1.54) is 11.1 Å². The predicted octanol–water partition coefficient (Wildman–Crippen LogP) is 0.840. The molecule has 0 aromatic carbocycles. The molecule has 12 heavy (non-hydrogen) atoms. The van der Waals surface area contributed by atoms with Gasteiger partial charge in [0.2, 0.25) is 5.88 Å². The van der Waals surface area contributed by atoms with Crippen molar-refractivity contribution in [3.05, 3.63) is 12.3 Å². The van der Waals surface area contributed by atoms with Gasteiger partial charge < -0.3 is 9.84 Å². The normalized spacial score (nSPS) is 9.50. The van der Waals surface area contributed by atoms with Gasteiger partial charge in [-0.15, -0.1) is 0 Å². The zero-order valence-electron chi connectivity index (χ0n) is 7.07. The van der Waals surface area contributed by atoms with Crippen molar-refractivity contribution in [3.8, 4) is 0 Å². The summed E-state index contributed by atoms with van der Waals surface area (Å²) >= 11 is 0. The Morgan fingerprint density at radius 1 is 1.83 bits per heavy atom. The first-order chi connectivity index (χ1) is 5.79. The number of hydrogen-bond donors (Lipinski definition) is 1. The van der Waals surface area contributed by atoms with Crippen LogP contribution in [0.15, 0.2) is 16.8 Å². The van der Waals surface area contributed by atoms with E-state index < -0.39 is 0 Å². The lowest BCUT2D eigenvalue weighted by atomic mass is 10.5. The van der Waals surface area contributed by atoms with Crippen molar-refractivity contribution in [3.63, 3.8) is 0 Å². The Morgan fingerprint density at radius 3 is 3.00 bits per heavy atom. The molecule has 1 aromatic heterocycles. The molecule has 0 unspecified atom stereocenters. The quantitative estimate of drug-likeness (QED) is 0.713. The van der Waals surface area contributed by atoms with E-state index in [-0.39, 0.29) is 6.03 Å². The van der Waals surface area contributed by atoms with Crippen molar-refractivity contribution >= 4 is 11.9 Å². The van der Waals surface area contributed by atoms with E-state index in [4.69, 9.17) is 4.52 Å². The van der Waals surface area contributed by atoms with Crippen LogP contribution in [0.1, 0.15) is 6.92 Å². The lowest BCUT2D eigenvalue weighted by Crippen LogP contribution is -2.37. The molecule has 2 amide bonds. The average molecular weight is 169 g/mol. The van der Waals surface area contributed by atoms with Crippen LogP contribution in [0.25, 0.3) is 0 Å². The molecule has 0 saturated heterocycles. The SMILES string of the molecule is CCN(C(=O)NC)c1ccno1. The van der Waals surface area contributed by atoms with Crippen LogP contribution in [-0.4, -0.2) is 24.8 Å². The Hall–Kier alpha value is -1.52. The van der Waals surface area contributed by atoms with Gasteiger partial charge in [-0.3, -0.25) is 4.90 Å². The fourth-order valence-electron chi connectivity index (χ4n) is 0.883. The highest BCUT2D eigenvalue weighted by molar-refractivity contribution is 5.90. The van der Waals surface area contributed by atoms with Crippen LogP contribution in [0.4, 0.5) is 10.7 Å². The van der Waals surface area contributed by atoms with Gasteiger partial charge in [-0.2, -0.15) is 0 Å². The fraction of sp³-hybridized carbons (Fsp3) is 0.429. The number of carbonyl (C=O) groups is 1. The molecule has 0 aliphatic heterocycles. The lowest BCUT2D eigenvalue weighted by Gasteiger charge is -2.15. The topological polar surface area (TPSA) is 58.4 Å². The van der Waals surface area contributed by atoms with E-state index in [2.05, 4.69) is 10.5 Å². The summed E-state index contributed by atoms with van der Waals surface area (Å²) in [5.41, 5.74) is 0. The smallest absolute Gasteiger partial charge is 0.324 e. The Bertz CT molecular complexity index is 245. The molecule has 66 valence electrons. The van der Waals surface area contributed by atoms with Crippen LogP contribution in [0.3, 0.4) is 0 Å². The summed E-state index contributed by atoms with van der Waals surface area (Å²) in [5, 5.41) is 6.01. The number of amides is 2. The summed E-state index contributed by atoms with van der Waals surface area (Å²) in [6.07, 6.45) is 1.50. The second-order valence-corrected chi connectivity index (χ2v) is 2.15. The maximum atomic E-state index is 11.2. The van der Waals surface area contributed by atoms with Crippen molar-refractivity contribution in [2.75, 3.05) is 18.5 Å². The Morgan fingerprint density at radius 2 is 2.58 bits per heavy atom. The number of aromatic nitrogens is 1. The zero-order chi connectivity index (χ0) is 8.97. The van der Waals surface area contributed by atoms with Crippen molar-refractivity contribution in [2.24, 2.45) is 0 Å². The van der Waals surface area contributed by atoms with Crippen LogP contribution in [-0.2, 0) is 0 Å². The molecule has 1 heterocycles. The second-order valence-electron chi connectivity index (χ2n) is 2.15. The highest BCUT2D eigenvalue weighted by Crippen LogP contribution is 2.11. The first-order valence-corrected chi connectivity index (χ1v) is 3.69. The molecule has 0 bridgehead atoms. The minimum absolute atomic E-state index is 0.200. The second kappa shape index (κ2) is 3.75. The average Bonchev–Trinajstić information content (AvgIpc) is 2.58. The summed E-state index contributed by atoms with van der Waals surface area (Å²) in [5.74, 6) is 0.455. The number of carbonyl (C=O) groups excluding carboxylic acids is 1. The molecular weight excluding hydrogens is 158 g/mol. The molecule has 0 radical (unpaired) electrons. The van der Waals surface area contributed by atoms with E-state index in [0.717, 1.165) is 0 Å². The summed E-state index contributed by atoms with van der Waals surface area (Å²) in [4.78, 5) is 12.6. The number of urea groups is 1. The van der Waals surface area contributed by atoms with E-state index in [9.17, 15) is 4.79 Å². The molecule has 0 spiro atoms. The van der Waals surface area contributed by atoms with E-state index in [1.54, 1.807) is 13.1 Å². The van der Waals surface area contributed by atoms with Crippen molar-refractivity contribution in [2.45, 2.75) is 6.92 Å². The van der Waals surface area contributed by atoms with Crippen LogP contribution >= 0.6 is 0 Å². The number of nitrogens with one attached hydrogen (secondary N) is 1. The molecule has 0 aliphatic rings. The lowest BCUT2D eigenvalue weighted by molar-refractivity contribution is 0.246. The number of anilines is 1. The Balaban J connectivity index is 2.76. The highest BCUT2D eigenvalue weighted by Gasteiger charge is 2.14. The van der Waals surface area contributed by atoms with Gasteiger partial charge in [0.25, 0.3) is 0 Å². The van der Waals surface area contributed by atoms with Crippen LogP contribution in [0.2, 0.25) is 0 Å². The third-order valence-corrected chi connectivity index (χ3v) is 1.47. The summed E-state index contributed by atoms with van der Waals surface area (Å²) < 4.78 is 4.82. The standard InChI is InChI=1S/C7H11N3O2/c1-3-10(7(11)8-2)6-4-5-9-12-6/h4-5H,3H2,1-2H3,(H,8,11). The largest absolute Gasteiger partial charge is 0.341 e. The van der Waals surface area contributed by atoms with Gasteiger partial charge in [-0.25, -0.2) is 4.79 Å². The number of hydrogen-bond acceptors (Lipinski definition) is 3. The zero-order valence-corrected chi connectivity index (χ0v) is 7.07. The molecule has 1 N–H and O–H groups in total. The molecule has 0 saturated carbocycles. The molecule has 5 nitrogen and oxygen atoms in total.